The first kappa shape index (κ1) is 19.4. The molecule has 0 radical (unpaired) electrons. The molecule has 0 spiro atoms. The smallest absolute Gasteiger partial charge is 0.303 e. The van der Waals surface area contributed by atoms with E-state index in [1.807, 2.05) is 61.2 Å². The van der Waals surface area contributed by atoms with Gasteiger partial charge in [-0.25, -0.2) is 0 Å². The lowest BCUT2D eigenvalue weighted by atomic mass is 9.98. The first-order valence-corrected chi connectivity index (χ1v) is 8.57. The van der Waals surface area contributed by atoms with Gasteiger partial charge < -0.3 is 15.3 Å². The number of pyridine rings is 1. The molecular weight excluding hydrogens is 330 g/mol. The van der Waals surface area contributed by atoms with Crippen LogP contribution in [0, 0.1) is 0 Å². The average Bonchev–Trinajstić information content (AvgIpc) is 2.61. The van der Waals surface area contributed by atoms with Gasteiger partial charge in [-0.05, 0) is 44.0 Å². The minimum Gasteiger partial charge on any atom is -0.481 e. The Balaban J connectivity index is 2.06. The van der Waals surface area contributed by atoms with Crippen LogP contribution >= 0.6 is 0 Å². The number of nitrogens with zero attached hydrogens (tertiary/aromatic N) is 2. The summed E-state index contributed by atoms with van der Waals surface area (Å²) in [6, 6.07) is 13.5. The molecule has 1 heterocycles. The SMILES string of the molecule is CC(C)(CCC(=O)O)NC(=O)CN(Cc1cccnc1)c1ccccc1. The molecule has 1 aromatic heterocycles. The molecule has 26 heavy (non-hydrogen) atoms. The number of carbonyl (C=O) groups is 2. The molecule has 0 unspecified atom stereocenters. The van der Waals surface area contributed by atoms with E-state index < -0.39 is 11.5 Å². The van der Waals surface area contributed by atoms with Crippen molar-refractivity contribution in [3.63, 3.8) is 0 Å². The van der Waals surface area contributed by atoms with E-state index >= 15 is 0 Å². The minimum atomic E-state index is -0.866. The Morgan fingerprint density at radius 3 is 2.50 bits per heavy atom. The molecule has 2 N–H and O–H groups in total. The quantitative estimate of drug-likeness (QED) is 0.723. The predicted octanol–water partition coefficient (Wildman–Crippen LogP) is 2.85. The van der Waals surface area contributed by atoms with Crippen LogP contribution in [0.25, 0.3) is 0 Å². The van der Waals surface area contributed by atoms with Crippen LogP contribution in [0.1, 0.15) is 32.3 Å². The zero-order valence-corrected chi connectivity index (χ0v) is 15.2. The van der Waals surface area contributed by atoms with E-state index in [9.17, 15) is 9.59 Å². The lowest BCUT2D eigenvalue weighted by Gasteiger charge is -2.29. The third kappa shape index (κ3) is 6.55. The van der Waals surface area contributed by atoms with Crippen molar-refractivity contribution in [2.24, 2.45) is 0 Å². The fourth-order valence-corrected chi connectivity index (χ4v) is 2.66. The highest BCUT2D eigenvalue weighted by atomic mass is 16.4. The van der Waals surface area contributed by atoms with Gasteiger partial charge in [-0.3, -0.25) is 14.6 Å². The van der Waals surface area contributed by atoms with Gasteiger partial charge in [-0.15, -0.1) is 0 Å². The van der Waals surface area contributed by atoms with E-state index in [1.54, 1.807) is 12.4 Å². The Bertz CT molecular complexity index is 718. The van der Waals surface area contributed by atoms with Gasteiger partial charge in [0.05, 0.1) is 6.54 Å². The van der Waals surface area contributed by atoms with E-state index in [0.717, 1.165) is 11.3 Å². The summed E-state index contributed by atoms with van der Waals surface area (Å²) in [5.74, 6) is -1.01. The average molecular weight is 355 g/mol. The molecule has 0 bridgehead atoms. The second-order valence-corrected chi connectivity index (χ2v) is 6.88. The Labute approximate surface area is 153 Å². The number of nitrogens with one attached hydrogen (secondary N) is 1. The van der Waals surface area contributed by atoms with Crippen LogP contribution in [0.2, 0.25) is 0 Å². The molecule has 6 nitrogen and oxygen atoms in total. The topological polar surface area (TPSA) is 82.5 Å². The lowest BCUT2D eigenvalue weighted by molar-refractivity contribution is -0.137. The zero-order valence-electron chi connectivity index (χ0n) is 15.2. The number of hydrogen-bond acceptors (Lipinski definition) is 4. The van der Waals surface area contributed by atoms with Crippen LogP contribution in [-0.4, -0.2) is 34.1 Å². The lowest BCUT2D eigenvalue weighted by Crippen LogP contribution is -2.48. The third-order valence-corrected chi connectivity index (χ3v) is 3.99. The molecule has 0 saturated heterocycles. The Hall–Kier alpha value is -2.89. The van der Waals surface area contributed by atoms with Crippen LogP contribution in [0.3, 0.4) is 0 Å². The molecular formula is C20H25N3O3. The fourth-order valence-electron chi connectivity index (χ4n) is 2.66. The number of carboxylic acid groups (broad SMARTS) is 1. The van der Waals surface area contributed by atoms with Crippen LogP contribution in [0.15, 0.2) is 54.9 Å². The minimum absolute atomic E-state index is 0.0192. The zero-order chi connectivity index (χ0) is 19.0. The van der Waals surface area contributed by atoms with Gasteiger partial charge in [0.1, 0.15) is 0 Å². The van der Waals surface area contributed by atoms with Crippen molar-refractivity contribution in [3.8, 4) is 0 Å². The van der Waals surface area contributed by atoms with Crippen molar-refractivity contribution in [3.05, 3.63) is 60.4 Å². The Morgan fingerprint density at radius 2 is 1.88 bits per heavy atom. The van der Waals surface area contributed by atoms with Gasteiger partial charge in [0.2, 0.25) is 5.91 Å². The molecule has 0 atom stereocenters. The number of hydrogen-bond donors (Lipinski definition) is 2. The summed E-state index contributed by atoms with van der Waals surface area (Å²) in [5, 5.41) is 11.8. The molecule has 1 amide bonds. The summed E-state index contributed by atoms with van der Waals surface area (Å²) in [4.78, 5) is 29.4. The maximum absolute atomic E-state index is 12.6. The highest BCUT2D eigenvalue weighted by molar-refractivity contribution is 5.82. The summed E-state index contributed by atoms with van der Waals surface area (Å²) >= 11 is 0. The van der Waals surface area contributed by atoms with Crippen molar-refractivity contribution in [2.75, 3.05) is 11.4 Å². The van der Waals surface area contributed by atoms with Gasteiger partial charge in [0, 0.05) is 36.6 Å². The predicted molar refractivity (Wildman–Crippen MR) is 101 cm³/mol. The largest absolute Gasteiger partial charge is 0.481 e. The number of benzene rings is 1. The Kier molecular flexibility index (Phi) is 6.72. The molecule has 0 aliphatic rings. The number of carboxylic acids is 1. The second kappa shape index (κ2) is 8.99. The molecule has 2 aromatic rings. The normalized spacial score (nSPS) is 11.0. The van der Waals surface area contributed by atoms with Gasteiger partial charge in [-0.1, -0.05) is 24.3 Å². The molecule has 6 heteroatoms. The van der Waals surface area contributed by atoms with E-state index in [1.165, 1.54) is 0 Å². The fraction of sp³-hybridized carbons (Fsp3) is 0.350. The van der Waals surface area contributed by atoms with Gasteiger partial charge >= 0.3 is 5.97 Å². The number of aromatic nitrogens is 1. The summed E-state index contributed by atoms with van der Waals surface area (Å²) in [6.07, 6.45) is 3.89. The molecule has 0 aliphatic heterocycles. The number of carbonyl (C=O) groups excluding carboxylic acids is 1. The first-order chi connectivity index (χ1) is 12.4. The second-order valence-electron chi connectivity index (χ2n) is 6.88. The molecule has 138 valence electrons. The number of para-hydroxylation sites is 1. The maximum Gasteiger partial charge on any atom is 0.303 e. The molecule has 0 saturated carbocycles. The van der Waals surface area contributed by atoms with Crippen LogP contribution < -0.4 is 10.2 Å². The summed E-state index contributed by atoms with van der Waals surface area (Å²) < 4.78 is 0. The number of anilines is 1. The summed E-state index contributed by atoms with van der Waals surface area (Å²) in [5.41, 5.74) is 1.37. The van der Waals surface area contributed by atoms with Crippen LogP contribution in [0.4, 0.5) is 5.69 Å². The molecule has 1 aromatic carbocycles. The van der Waals surface area contributed by atoms with Gasteiger partial charge in [-0.2, -0.15) is 0 Å². The van der Waals surface area contributed by atoms with Crippen LogP contribution in [-0.2, 0) is 16.1 Å². The standard InChI is InChI=1S/C20H25N3O3/c1-20(2,11-10-19(25)26)22-18(24)15-23(17-8-4-3-5-9-17)14-16-7-6-12-21-13-16/h3-9,12-13H,10-11,14-15H2,1-2H3,(H,22,24)(H,25,26). The van der Waals surface area contributed by atoms with Gasteiger partial charge in [0.25, 0.3) is 0 Å². The monoisotopic (exact) mass is 355 g/mol. The number of amides is 1. The third-order valence-electron chi connectivity index (χ3n) is 3.99. The molecule has 0 aliphatic carbocycles. The highest BCUT2D eigenvalue weighted by Gasteiger charge is 2.23. The summed E-state index contributed by atoms with van der Waals surface area (Å²) in [7, 11) is 0. The van der Waals surface area contributed by atoms with Crippen molar-refractivity contribution >= 4 is 17.6 Å². The van der Waals surface area contributed by atoms with E-state index in [4.69, 9.17) is 5.11 Å². The van der Waals surface area contributed by atoms with E-state index in [2.05, 4.69) is 10.3 Å². The molecule has 0 fully saturated rings. The van der Waals surface area contributed by atoms with Crippen molar-refractivity contribution in [1.82, 2.24) is 10.3 Å². The Morgan fingerprint density at radius 1 is 1.15 bits per heavy atom. The van der Waals surface area contributed by atoms with Crippen molar-refractivity contribution in [2.45, 2.75) is 38.8 Å². The summed E-state index contributed by atoms with van der Waals surface area (Å²) in [6.45, 7) is 4.40. The number of rotatable bonds is 9. The van der Waals surface area contributed by atoms with Crippen molar-refractivity contribution < 1.29 is 14.7 Å². The maximum atomic E-state index is 12.6. The molecule has 2 rings (SSSR count). The van der Waals surface area contributed by atoms with Gasteiger partial charge in [0.15, 0.2) is 0 Å². The van der Waals surface area contributed by atoms with Crippen molar-refractivity contribution in [1.29, 1.82) is 0 Å². The number of aliphatic carboxylic acids is 1. The van der Waals surface area contributed by atoms with E-state index in [-0.39, 0.29) is 18.9 Å². The first-order valence-electron chi connectivity index (χ1n) is 8.57. The highest BCUT2D eigenvalue weighted by Crippen LogP contribution is 2.17. The van der Waals surface area contributed by atoms with Crippen LogP contribution in [0.5, 0.6) is 0 Å². The van der Waals surface area contributed by atoms with E-state index in [0.29, 0.717) is 13.0 Å².